The fraction of sp³-hybridized carbons (Fsp3) is 0.417. The van der Waals surface area contributed by atoms with Gasteiger partial charge in [0.1, 0.15) is 0 Å². The first-order valence-corrected chi connectivity index (χ1v) is 8.35. The topological polar surface area (TPSA) is 59.1 Å². The summed E-state index contributed by atoms with van der Waals surface area (Å²) in [5, 5.41) is 0.982. The van der Waals surface area contributed by atoms with Crippen LogP contribution in [0.25, 0.3) is 10.2 Å². The second kappa shape index (κ2) is 5.24. The van der Waals surface area contributed by atoms with E-state index in [2.05, 4.69) is 9.71 Å². The monoisotopic (exact) mass is 284 g/mol. The van der Waals surface area contributed by atoms with E-state index in [1.165, 1.54) is 0 Å². The van der Waals surface area contributed by atoms with Crippen LogP contribution in [0.4, 0.5) is 5.69 Å². The maximum atomic E-state index is 11.8. The third kappa shape index (κ3) is 3.20. The molecule has 0 aliphatic rings. The molecule has 18 heavy (non-hydrogen) atoms. The molecule has 0 radical (unpaired) electrons. The average molecular weight is 284 g/mol. The van der Waals surface area contributed by atoms with Crippen molar-refractivity contribution in [2.45, 2.75) is 26.7 Å². The summed E-state index contributed by atoms with van der Waals surface area (Å²) in [5.74, 6) is 0.170. The number of hydrogen-bond donors (Lipinski definition) is 1. The highest BCUT2D eigenvalue weighted by Crippen LogP contribution is 2.25. The van der Waals surface area contributed by atoms with Crippen molar-refractivity contribution >= 4 is 37.3 Å². The number of nitrogens with one attached hydrogen (secondary N) is 1. The van der Waals surface area contributed by atoms with E-state index < -0.39 is 10.0 Å². The minimum absolute atomic E-state index is 0.170. The summed E-state index contributed by atoms with van der Waals surface area (Å²) in [5.41, 5.74) is 1.52. The summed E-state index contributed by atoms with van der Waals surface area (Å²) >= 11 is 1.56. The van der Waals surface area contributed by atoms with Crippen molar-refractivity contribution in [2.75, 3.05) is 10.5 Å². The van der Waals surface area contributed by atoms with Crippen LogP contribution in [0.2, 0.25) is 0 Å². The number of aryl methyl sites for hydroxylation is 1. The molecule has 0 fully saturated rings. The van der Waals surface area contributed by atoms with Gasteiger partial charge in [-0.25, -0.2) is 13.4 Å². The maximum Gasteiger partial charge on any atom is 0.232 e. The van der Waals surface area contributed by atoms with E-state index in [0.717, 1.165) is 21.6 Å². The Bertz CT molecular complexity index is 647. The molecular formula is C12H16N2O2S2. The zero-order chi connectivity index (χ0) is 13.2. The minimum Gasteiger partial charge on any atom is -0.284 e. The fourth-order valence-electron chi connectivity index (χ4n) is 1.67. The van der Waals surface area contributed by atoms with Crippen LogP contribution >= 0.6 is 11.3 Å². The molecule has 0 bridgehead atoms. The fourth-order valence-corrected chi connectivity index (χ4v) is 3.79. The summed E-state index contributed by atoms with van der Waals surface area (Å²) in [7, 11) is -3.22. The minimum atomic E-state index is -3.22. The van der Waals surface area contributed by atoms with E-state index in [-0.39, 0.29) is 5.75 Å². The van der Waals surface area contributed by atoms with Gasteiger partial charge in [0.2, 0.25) is 10.0 Å². The van der Waals surface area contributed by atoms with Crippen LogP contribution < -0.4 is 4.72 Å². The number of benzene rings is 1. The van der Waals surface area contributed by atoms with Crippen LogP contribution in [0.3, 0.4) is 0 Å². The summed E-state index contributed by atoms with van der Waals surface area (Å²) < 4.78 is 27.2. The molecule has 0 aliphatic carbocycles. The number of fused-ring (bicyclic) bond motifs is 1. The van der Waals surface area contributed by atoms with Gasteiger partial charge in [-0.3, -0.25) is 4.72 Å². The molecule has 1 aromatic carbocycles. The number of unbranched alkanes of at least 4 members (excludes halogenated alkanes) is 1. The van der Waals surface area contributed by atoms with Crippen molar-refractivity contribution in [2.24, 2.45) is 0 Å². The highest BCUT2D eigenvalue weighted by Gasteiger charge is 2.10. The lowest BCUT2D eigenvalue weighted by molar-refractivity contribution is 0.598. The van der Waals surface area contributed by atoms with E-state index in [4.69, 9.17) is 0 Å². The zero-order valence-electron chi connectivity index (χ0n) is 10.4. The number of nitrogens with zero attached hydrogens (tertiary/aromatic N) is 1. The molecule has 1 N–H and O–H groups in total. The molecule has 1 aromatic heterocycles. The third-order valence-electron chi connectivity index (χ3n) is 2.54. The van der Waals surface area contributed by atoms with Gasteiger partial charge in [0.25, 0.3) is 0 Å². The number of hydrogen-bond acceptors (Lipinski definition) is 4. The van der Waals surface area contributed by atoms with Gasteiger partial charge in [-0.15, -0.1) is 11.3 Å². The van der Waals surface area contributed by atoms with Crippen molar-refractivity contribution in [3.8, 4) is 0 Å². The molecule has 2 aromatic rings. The van der Waals surface area contributed by atoms with E-state index in [1.807, 2.05) is 26.0 Å². The zero-order valence-corrected chi connectivity index (χ0v) is 12.1. The van der Waals surface area contributed by atoms with Gasteiger partial charge in [0.05, 0.1) is 26.7 Å². The van der Waals surface area contributed by atoms with Crippen molar-refractivity contribution in [1.29, 1.82) is 0 Å². The van der Waals surface area contributed by atoms with Gasteiger partial charge in [-0.05, 0) is 31.5 Å². The highest BCUT2D eigenvalue weighted by atomic mass is 32.2. The molecule has 0 spiro atoms. The Kier molecular flexibility index (Phi) is 3.87. The first-order valence-electron chi connectivity index (χ1n) is 5.88. The molecular weight excluding hydrogens is 268 g/mol. The summed E-state index contributed by atoms with van der Waals surface area (Å²) in [6.07, 6.45) is 1.55. The van der Waals surface area contributed by atoms with Crippen molar-refractivity contribution < 1.29 is 8.42 Å². The predicted octanol–water partition coefficient (Wildman–Crippen LogP) is 3.15. The lowest BCUT2D eigenvalue weighted by atomic mass is 10.3. The molecule has 0 unspecified atom stereocenters. The van der Waals surface area contributed by atoms with Crippen molar-refractivity contribution in [1.82, 2.24) is 4.98 Å². The Morgan fingerprint density at radius 3 is 2.89 bits per heavy atom. The average Bonchev–Trinajstić information content (AvgIpc) is 2.65. The molecule has 0 saturated heterocycles. The molecule has 6 heteroatoms. The quantitative estimate of drug-likeness (QED) is 0.917. The van der Waals surface area contributed by atoms with Crippen LogP contribution in [0.5, 0.6) is 0 Å². The molecule has 2 rings (SSSR count). The standard InChI is InChI=1S/C12H16N2O2S2/c1-3-4-7-18(15,16)14-10-5-6-11-12(8-10)17-9(2)13-11/h5-6,8,14H,3-4,7H2,1-2H3. The first kappa shape index (κ1) is 13.3. The lowest BCUT2D eigenvalue weighted by Crippen LogP contribution is -2.16. The number of aromatic nitrogens is 1. The number of anilines is 1. The Hall–Kier alpha value is -1.14. The van der Waals surface area contributed by atoms with Gasteiger partial charge < -0.3 is 0 Å². The number of rotatable bonds is 5. The van der Waals surface area contributed by atoms with Gasteiger partial charge in [0.15, 0.2) is 0 Å². The molecule has 0 amide bonds. The molecule has 98 valence electrons. The SMILES string of the molecule is CCCCS(=O)(=O)Nc1ccc2nc(C)sc2c1. The number of sulfonamides is 1. The third-order valence-corrected chi connectivity index (χ3v) is 4.84. The van der Waals surface area contributed by atoms with E-state index in [1.54, 1.807) is 17.4 Å². The maximum absolute atomic E-state index is 11.8. The highest BCUT2D eigenvalue weighted by molar-refractivity contribution is 7.92. The Balaban J connectivity index is 2.21. The number of thiazole rings is 1. The summed E-state index contributed by atoms with van der Waals surface area (Å²) in [6.45, 7) is 3.91. The summed E-state index contributed by atoms with van der Waals surface area (Å²) in [6, 6.07) is 5.44. The van der Waals surface area contributed by atoms with Crippen molar-refractivity contribution in [3.63, 3.8) is 0 Å². The largest absolute Gasteiger partial charge is 0.284 e. The van der Waals surface area contributed by atoms with Gasteiger partial charge in [0, 0.05) is 0 Å². The molecule has 0 atom stereocenters. The van der Waals surface area contributed by atoms with Crippen LogP contribution in [0.15, 0.2) is 18.2 Å². The van der Waals surface area contributed by atoms with Crippen LogP contribution in [0.1, 0.15) is 24.8 Å². The molecule has 4 nitrogen and oxygen atoms in total. The van der Waals surface area contributed by atoms with Crippen LogP contribution in [-0.4, -0.2) is 19.2 Å². The van der Waals surface area contributed by atoms with Crippen LogP contribution in [-0.2, 0) is 10.0 Å². The van der Waals surface area contributed by atoms with Gasteiger partial charge in [-0.1, -0.05) is 13.3 Å². The van der Waals surface area contributed by atoms with Gasteiger partial charge >= 0.3 is 0 Å². The molecule has 1 heterocycles. The Labute approximate surface area is 111 Å². The Morgan fingerprint density at radius 2 is 2.17 bits per heavy atom. The Morgan fingerprint density at radius 1 is 1.39 bits per heavy atom. The smallest absolute Gasteiger partial charge is 0.232 e. The van der Waals surface area contributed by atoms with Crippen LogP contribution in [0, 0.1) is 6.92 Å². The van der Waals surface area contributed by atoms with Crippen molar-refractivity contribution in [3.05, 3.63) is 23.2 Å². The second-order valence-corrected chi connectivity index (χ2v) is 7.27. The molecule has 0 saturated carbocycles. The summed E-state index contributed by atoms with van der Waals surface area (Å²) in [4.78, 5) is 4.34. The van der Waals surface area contributed by atoms with E-state index in [9.17, 15) is 8.42 Å². The second-order valence-electron chi connectivity index (χ2n) is 4.19. The normalized spacial score (nSPS) is 11.9. The first-order chi connectivity index (χ1) is 8.50. The van der Waals surface area contributed by atoms with E-state index >= 15 is 0 Å². The molecule has 0 aliphatic heterocycles. The van der Waals surface area contributed by atoms with Gasteiger partial charge in [-0.2, -0.15) is 0 Å². The lowest BCUT2D eigenvalue weighted by Gasteiger charge is -2.07. The van der Waals surface area contributed by atoms with E-state index in [0.29, 0.717) is 12.1 Å². The predicted molar refractivity (Wildman–Crippen MR) is 76.7 cm³/mol.